The molecule has 5 rings (SSSR count). The molecule has 3 heterocycles. The number of benzene rings is 2. The van der Waals surface area contributed by atoms with Crippen LogP contribution in [-0.4, -0.2) is 55.6 Å². The molecule has 2 aromatic carbocycles. The van der Waals surface area contributed by atoms with E-state index in [0.717, 1.165) is 38.9 Å². The highest BCUT2D eigenvalue weighted by molar-refractivity contribution is 7.18. The number of methoxy groups -OCH3 is 2. The molecule has 1 aliphatic rings. The molecule has 0 N–H and O–H groups in total. The Balaban J connectivity index is 1.52. The van der Waals surface area contributed by atoms with Crippen LogP contribution in [0.3, 0.4) is 0 Å². The highest BCUT2D eigenvalue weighted by atomic mass is 32.1. The lowest BCUT2D eigenvalue weighted by atomic mass is 9.95. The molecule has 0 fully saturated rings. The molecule has 0 spiro atoms. The van der Waals surface area contributed by atoms with Crippen LogP contribution in [0.4, 0.5) is 9.18 Å². The summed E-state index contributed by atoms with van der Waals surface area (Å²) >= 11 is 1.57. The zero-order valence-electron chi connectivity index (χ0n) is 23.4. The number of ether oxygens (including phenoxy) is 4. The van der Waals surface area contributed by atoms with Crippen molar-refractivity contribution in [1.29, 1.82) is 0 Å². The van der Waals surface area contributed by atoms with Gasteiger partial charge in [0.1, 0.15) is 23.8 Å². The smallest absolute Gasteiger partial charge is 0.410 e. The molecule has 9 heteroatoms. The van der Waals surface area contributed by atoms with Crippen LogP contribution in [0.1, 0.15) is 31.9 Å². The second-order valence-corrected chi connectivity index (χ2v) is 11.5. The quantitative estimate of drug-likeness (QED) is 0.223. The monoisotopic (exact) mass is 564 g/mol. The van der Waals surface area contributed by atoms with Gasteiger partial charge in [0.2, 0.25) is 5.88 Å². The van der Waals surface area contributed by atoms with Gasteiger partial charge in [0, 0.05) is 47.5 Å². The number of hydrogen-bond donors (Lipinski definition) is 0. The number of thiophene rings is 1. The fraction of sp³-hybridized carbons (Fsp3) is 0.355. The fourth-order valence-corrected chi connectivity index (χ4v) is 5.80. The number of fused-ring (bicyclic) bond motifs is 2. The molecular weight excluding hydrogens is 531 g/mol. The molecule has 0 unspecified atom stereocenters. The number of halogens is 1. The predicted octanol–water partition coefficient (Wildman–Crippen LogP) is 7.10. The largest absolute Gasteiger partial charge is 0.490 e. The van der Waals surface area contributed by atoms with E-state index in [-0.39, 0.29) is 18.5 Å². The van der Waals surface area contributed by atoms with E-state index in [2.05, 4.69) is 12.1 Å². The Morgan fingerprint density at radius 2 is 1.90 bits per heavy atom. The van der Waals surface area contributed by atoms with Gasteiger partial charge in [-0.15, -0.1) is 11.3 Å². The number of pyridine rings is 1. The first-order chi connectivity index (χ1) is 19.2. The lowest BCUT2D eigenvalue weighted by molar-refractivity contribution is 0.0224. The third-order valence-electron chi connectivity index (χ3n) is 6.67. The summed E-state index contributed by atoms with van der Waals surface area (Å²) in [5.41, 5.74) is 4.97. The van der Waals surface area contributed by atoms with E-state index in [1.54, 1.807) is 36.5 Å². The third-order valence-corrected chi connectivity index (χ3v) is 7.60. The molecule has 0 bridgehead atoms. The Kier molecular flexibility index (Phi) is 7.96. The van der Waals surface area contributed by atoms with Crippen molar-refractivity contribution in [3.05, 3.63) is 64.8 Å². The Bertz CT molecular complexity index is 1550. The zero-order valence-corrected chi connectivity index (χ0v) is 24.2. The van der Waals surface area contributed by atoms with Crippen LogP contribution in [0.25, 0.3) is 32.5 Å². The van der Waals surface area contributed by atoms with Crippen LogP contribution in [0.5, 0.6) is 11.6 Å². The molecule has 0 aliphatic carbocycles. The van der Waals surface area contributed by atoms with Crippen LogP contribution in [-0.2, 0) is 22.4 Å². The number of rotatable bonds is 7. The van der Waals surface area contributed by atoms with E-state index < -0.39 is 5.60 Å². The van der Waals surface area contributed by atoms with Gasteiger partial charge in [-0.2, -0.15) is 0 Å². The van der Waals surface area contributed by atoms with E-state index in [0.29, 0.717) is 36.9 Å². The Morgan fingerprint density at radius 1 is 1.07 bits per heavy atom. The molecule has 4 aromatic rings. The zero-order chi connectivity index (χ0) is 28.4. The maximum atomic E-state index is 14.2. The number of carbonyl (C=O) groups excluding carboxylic acids is 1. The minimum atomic E-state index is -0.533. The van der Waals surface area contributed by atoms with E-state index in [1.807, 2.05) is 38.3 Å². The topological polar surface area (TPSA) is 70.1 Å². The molecule has 2 aromatic heterocycles. The van der Waals surface area contributed by atoms with Crippen LogP contribution in [0.2, 0.25) is 0 Å². The molecule has 7 nitrogen and oxygen atoms in total. The second kappa shape index (κ2) is 11.4. The van der Waals surface area contributed by atoms with Crippen LogP contribution in [0, 0.1) is 5.82 Å². The molecule has 40 heavy (non-hydrogen) atoms. The lowest BCUT2D eigenvalue weighted by Crippen LogP contribution is -2.39. The molecule has 210 valence electrons. The molecule has 0 radical (unpaired) electrons. The third kappa shape index (κ3) is 5.76. The predicted molar refractivity (Wildman–Crippen MR) is 155 cm³/mol. The molecule has 0 atom stereocenters. The SMILES string of the molecule is COCCOc1cc(F)ccc1-c1c(OC)nc(-c2ccc3c(c2)CCN(C(=O)OC(C)(C)C)C3)c2ccsc12. The van der Waals surface area contributed by atoms with Gasteiger partial charge in [-0.1, -0.05) is 12.1 Å². The second-order valence-electron chi connectivity index (χ2n) is 10.6. The molecular formula is C31H33FN2O5S. The molecule has 0 saturated heterocycles. The van der Waals surface area contributed by atoms with Gasteiger partial charge in [0.05, 0.1) is 25.0 Å². The van der Waals surface area contributed by atoms with E-state index in [4.69, 9.17) is 23.9 Å². The average molecular weight is 565 g/mol. The maximum Gasteiger partial charge on any atom is 0.410 e. The van der Waals surface area contributed by atoms with Crippen molar-refractivity contribution in [2.24, 2.45) is 0 Å². The highest BCUT2D eigenvalue weighted by Gasteiger charge is 2.27. The van der Waals surface area contributed by atoms with Crippen molar-refractivity contribution in [3.8, 4) is 34.0 Å². The normalized spacial score (nSPS) is 13.3. The number of carbonyl (C=O) groups is 1. The van der Waals surface area contributed by atoms with E-state index in [9.17, 15) is 9.18 Å². The van der Waals surface area contributed by atoms with Crippen LogP contribution < -0.4 is 9.47 Å². The average Bonchev–Trinajstić information content (AvgIpc) is 3.41. The van der Waals surface area contributed by atoms with Gasteiger partial charge in [-0.05, 0) is 68.0 Å². The van der Waals surface area contributed by atoms with E-state index >= 15 is 0 Å². The van der Waals surface area contributed by atoms with Crippen LogP contribution >= 0.6 is 11.3 Å². The summed E-state index contributed by atoms with van der Waals surface area (Å²) in [4.78, 5) is 19.3. The summed E-state index contributed by atoms with van der Waals surface area (Å²) in [5.74, 6) is 0.450. The van der Waals surface area contributed by atoms with Crippen molar-refractivity contribution in [2.45, 2.75) is 39.3 Å². The first kappa shape index (κ1) is 27.9. The first-order valence-electron chi connectivity index (χ1n) is 13.2. The molecule has 0 saturated carbocycles. The van der Waals surface area contributed by atoms with Crippen molar-refractivity contribution < 1.29 is 28.1 Å². The Morgan fingerprint density at radius 3 is 2.65 bits per heavy atom. The van der Waals surface area contributed by atoms with Gasteiger partial charge in [-0.3, -0.25) is 0 Å². The van der Waals surface area contributed by atoms with Gasteiger partial charge >= 0.3 is 6.09 Å². The number of nitrogens with zero attached hydrogens (tertiary/aromatic N) is 2. The Hall–Kier alpha value is -3.69. The fourth-order valence-electron chi connectivity index (χ4n) is 4.85. The van der Waals surface area contributed by atoms with Crippen LogP contribution in [0.15, 0.2) is 47.8 Å². The highest BCUT2D eigenvalue weighted by Crippen LogP contribution is 2.46. The molecule has 1 amide bonds. The van der Waals surface area contributed by atoms with Gasteiger partial charge < -0.3 is 23.8 Å². The number of aromatic nitrogens is 1. The van der Waals surface area contributed by atoms with Gasteiger partial charge in [0.15, 0.2) is 0 Å². The number of amides is 1. The van der Waals surface area contributed by atoms with Gasteiger partial charge in [0.25, 0.3) is 0 Å². The molecule has 1 aliphatic heterocycles. The summed E-state index contributed by atoms with van der Waals surface area (Å²) in [5, 5.41) is 2.99. The Labute approximate surface area is 237 Å². The van der Waals surface area contributed by atoms with Crippen molar-refractivity contribution in [3.63, 3.8) is 0 Å². The lowest BCUT2D eigenvalue weighted by Gasteiger charge is -2.31. The number of hydrogen-bond acceptors (Lipinski definition) is 7. The summed E-state index contributed by atoms with van der Waals surface area (Å²) < 4.78 is 37.5. The van der Waals surface area contributed by atoms with E-state index in [1.165, 1.54) is 17.7 Å². The summed E-state index contributed by atoms with van der Waals surface area (Å²) in [6.07, 6.45) is 0.429. The van der Waals surface area contributed by atoms with Crippen molar-refractivity contribution >= 4 is 27.5 Å². The van der Waals surface area contributed by atoms with Crippen molar-refractivity contribution in [1.82, 2.24) is 9.88 Å². The summed E-state index contributed by atoms with van der Waals surface area (Å²) in [6, 6.07) is 12.8. The summed E-state index contributed by atoms with van der Waals surface area (Å²) in [6.45, 7) is 7.38. The summed E-state index contributed by atoms with van der Waals surface area (Å²) in [7, 11) is 3.18. The van der Waals surface area contributed by atoms with Crippen molar-refractivity contribution in [2.75, 3.05) is 34.0 Å². The minimum Gasteiger partial charge on any atom is -0.490 e. The first-order valence-corrected chi connectivity index (χ1v) is 14.0. The maximum absolute atomic E-state index is 14.2. The minimum absolute atomic E-state index is 0.287. The standard InChI is InChI=1S/C31H33FN2O5S/c1-31(2,3)39-30(35)34-12-10-19-16-20(6-7-21(19)18-34)27-24-11-15-40-28(24)26(29(33-27)37-5)23-9-8-22(32)17-25(23)38-14-13-36-4/h6-9,11,15-17H,10,12-14,18H2,1-5H3. The van der Waals surface area contributed by atoms with Gasteiger partial charge in [-0.25, -0.2) is 14.2 Å².